The normalized spacial score (nSPS) is 20.1. The van der Waals surface area contributed by atoms with E-state index in [-0.39, 0.29) is 10.8 Å². The third-order valence-electron chi connectivity index (χ3n) is 8.53. The number of rotatable bonds is 10. The van der Waals surface area contributed by atoms with Gasteiger partial charge in [0.2, 0.25) is 0 Å². The molecule has 1 spiro atoms. The summed E-state index contributed by atoms with van der Waals surface area (Å²) in [5.74, 6) is 1.25. The van der Waals surface area contributed by atoms with E-state index in [2.05, 4.69) is 74.7 Å². The number of aliphatic carboxylic acids is 1. The summed E-state index contributed by atoms with van der Waals surface area (Å²) in [6, 6.07) is 8.27. The standard InChI is InChI=1S/C31H45N7O2/c1-30(2,3)22-36-14-9-31(10-15-36)17-26(29(39)40)38(23-31)19-25-7-5-24(6-8-25)18-37(20-27-32-11-12-33-27)21-28-34-13-16-35(28)4/h5-8,11-13,16,26H,9-10,14-15,17-23H2,1-4H3,(H,32,33)(H,39,40)/t26-/m0/s1. The van der Waals surface area contributed by atoms with Crippen LogP contribution in [0, 0.1) is 10.8 Å². The largest absolute Gasteiger partial charge is 0.480 e. The average Bonchev–Trinajstić information content (AvgIpc) is 3.63. The van der Waals surface area contributed by atoms with Crippen molar-refractivity contribution in [3.05, 3.63) is 71.8 Å². The molecule has 0 unspecified atom stereocenters. The molecule has 2 aliphatic heterocycles. The zero-order valence-corrected chi connectivity index (χ0v) is 24.5. The van der Waals surface area contributed by atoms with Crippen LogP contribution in [0.4, 0.5) is 0 Å². The lowest BCUT2D eigenvalue weighted by atomic mass is 9.76. The van der Waals surface area contributed by atoms with E-state index in [1.165, 1.54) is 11.1 Å². The van der Waals surface area contributed by atoms with Crippen LogP contribution in [0.1, 0.15) is 62.8 Å². The van der Waals surface area contributed by atoms with E-state index in [1.54, 1.807) is 6.20 Å². The lowest BCUT2D eigenvalue weighted by Gasteiger charge is -2.41. The third kappa shape index (κ3) is 7.19. The number of benzene rings is 1. The monoisotopic (exact) mass is 547 g/mol. The number of aryl methyl sites for hydroxylation is 1. The fourth-order valence-corrected chi connectivity index (χ4v) is 6.53. The number of imidazole rings is 2. The number of carboxylic acid groups (broad SMARTS) is 1. The number of carbonyl (C=O) groups is 1. The molecule has 2 aliphatic rings. The number of nitrogens with zero attached hydrogens (tertiary/aromatic N) is 6. The first-order chi connectivity index (χ1) is 19.1. The smallest absolute Gasteiger partial charge is 0.320 e. The van der Waals surface area contributed by atoms with Crippen molar-refractivity contribution in [1.29, 1.82) is 0 Å². The number of piperidine rings is 1. The highest BCUT2D eigenvalue weighted by Crippen LogP contribution is 2.44. The van der Waals surface area contributed by atoms with E-state index in [0.29, 0.717) is 13.1 Å². The van der Waals surface area contributed by atoms with E-state index >= 15 is 0 Å². The van der Waals surface area contributed by atoms with Crippen LogP contribution in [0.15, 0.2) is 49.1 Å². The third-order valence-corrected chi connectivity index (χ3v) is 8.53. The molecule has 2 fully saturated rings. The molecule has 40 heavy (non-hydrogen) atoms. The number of nitrogens with one attached hydrogen (secondary N) is 1. The minimum absolute atomic E-state index is 0.120. The second-order valence-electron chi connectivity index (χ2n) is 13.3. The summed E-state index contributed by atoms with van der Waals surface area (Å²) in [4.78, 5) is 31.5. The lowest BCUT2D eigenvalue weighted by Crippen LogP contribution is -2.44. The van der Waals surface area contributed by atoms with Crippen molar-refractivity contribution >= 4 is 5.97 Å². The number of likely N-dealkylation sites (tertiary alicyclic amines) is 2. The molecule has 0 saturated carbocycles. The molecule has 5 rings (SSSR count). The maximum atomic E-state index is 12.3. The van der Waals surface area contributed by atoms with Gasteiger partial charge in [0.15, 0.2) is 0 Å². The molecule has 3 aromatic rings. The zero-order chi connectivity index (χ0) is 28.3. The summed E-state index contributed by atoms with van der Waals surface area (Å²) in [7, 11) is 2.02. The predicted octanol–water partition coefficient (Wildman–Crippen LogP) is 4.13. The minimum Gasteiger partial charge on any atom is -0.480 e. The SMILES string of the molecule is Cn1ccnc1CN(Cc1ccc(CN2CC3(CCN(CC(C)(C)C)CC3)C[C@H]2C(=O)O)cc1)Cc1ncc[nH]1. The molecule has 0 bridgehead atoms. The fraction of sp³-hybridized carbons (Fsp3) is 0.581. The first-order valence-corrected chi connectivity index (χ1v) is 14.5. The van der Waals surface area contributed by atoms with E-state index in [1.807, 2.05) is 30.2 Å². The highest BCUT2D eigenvalue weighted by Gasteiger charge is 2.48. The van der Waals surface area contributed by atoms with E-state index in [9.17, 15) is 9.90 Å². The molecule has 1 aromatic carbocycles. The van der Waals surface area contributed by atoms with Crippen molar-refractivity contribution in [3.8, 4) is 0 Å². The van der Waals surface area contributed by atoms with Gasteiger partial charge < -0.3 is 19.6 Å². The Bertz CT molecular complexity index is 1240. The number of hydrogen-bond donors (Lipinski definition) is 2. The van der Waals surface area contributed by atoms with Gasteiger partial charge in [0.25, 0.3) is 0 Å². The molecule has 2 saturated heterocycles. The Morgan fingerprint density at radius 1 is 1.07 bits per heavy atom. The number of carboxylic acids is 1. The molecule has 1 atom stereocenters. The quantitative estimate of drug-likeness (QED) is 0.394. The van der Waals surface area contributed by atoms with Gasteiger partial charge in [-0.3, -0.25) is 14.6 Å². The van der Waals surface area contributed by atoms with Crippen LogP contribution in [0.5, 0.6) is 0 Å². The van der Waals surface area contributed by atoms with E-state index in [4.69, 9.17) is 0 Å². The highest BCUT2D eigenvalue weighted by atomic mass is 16.4. The van der Waals surface area contributed by atoms with Gasteiger partial charge in [-0.2, -0.15) is 0 Å². The van der Waals surface area contributed by atoms with E-state index < -0.39 is 12.0 Å². The van der Waals surface area contributed by atoms with Crippen LogP contribution in [0.3, 0.4) is 0 Å². The molecular formula is C31H45N7O2. The Morgan fingerprint density at radius 2 is 1.80 bits per heavy atom. The summed E-state index contributed by atoms with van der Waals surface area (Å²) in [6.45, 7) is 13.8. The van der Waals surface area contributed by atoms with Crippen LogP contribution in [0.25, 0.3) is 0 Å². The topological polar surface area (TPSA) is 93.5 Å². The van der Waals surface area contributed by atoms with Gasteiger partial charge in [-0.25, -0.2) is 9.97 Å². The first kappa shape index (κ1) is 28.5. The van der Waals surface area contributed by atoms with Crippen LogP contribution in [-0.4, -0.2) is 77.5 Å². The van der Waals surface area contributed by atoms with Crippen molar-refractivity contribution in [2.75, 3.05) is 26.2 Å². The number of aromatic nitrogens is 4. The molecule has 216 valence electrons. The van der Waals surface area contributed by atoms with Crippen molar-refractivity contribution in [3.63, 3.8) is 0 Å². The van der Waals surface area contributed by atoms with Crippen molar-refractivity contribution in [2.45, 2.75) is 72.3 Å². The first-order valence-electron chi connectivity index (χ1n) is 14.5. The second kappa shape index (κ2) is 11.8. The van der Waals surface area contributed by atoms with Gasteiger partial charge >= 0.3 is 5.97 Å². The van der Waals surface area contributed by atoms with Gasteiger partial charge in [0.1, 0.15) is 17.7 Å². The second-order valence-corrected chi connectivity index (χ2v) is 13.3. The van der Waals surface area contributed by atoms with Crippen molar-refractivity contribution < 1.29 is 9.90 Å². The van der Waals surface area contributed by atoms with Crippen LogP contribution in [-0.2, 0) is 38.0 Å². The number of hydrogen-bond acceptors (Lipinski definition) is 6. The summed E-state index contributed by atoms with van der Waals surface area (Å²) in [6.07, 6.45) is 10.4. The van der Waals surface area contributed by atoms with Gasteiger partial charge in [-0.15, -0.1) is 0 Å². The fourth-order valence-electron chi connectivity index (χ4n) is 6.53. The Morgan fingerprint density at radius 3 is 2.40 bits per heavy atom. The van der Waals surface area contributed by atoms with Gasteiger partial charge in [0, 0.05) is 58.0 Å². The molecule has 9 heteroatoms. The summed E-state index contributed by atoms with van der Waals surface area (Å²) >= 11 is 0. The molecule has 0 amide bonds. The number of aromatic amines is 1. The Kier molecular flexibility index (Phi) is 8.44. The molecule has 4 heterocycles. The minimum atomic E-state index is -0.687. The van der Waals surface area contributed by atoms with Crippen LogP contribution >= 0.6 is 0 Å². The maximum absolute atomic E-state index is 12.3. The Labute approximate surface area is 238 Å². The van der Waals surface area contributed by atoms with Crippen molar-refractivity contribution in [2.24, 2.45) is 17.9 Å². The van der Waals surface area contributed by atoms with Gasteiger partial charge in [-0.1, -0.05) is 45.0 Å². The summed E-state index contributed by atoms with van der Waals surface area (Å²) in [5, 5.41) is 10.1. The summed E-state index contributed by atoms with van der Waals surface area (Å²) in [5.41, 5.74) is 2.78. The molecule has 0 aliphatic carbocycles. The molecule has 2 N–H and O–H groups in total. The molecule has 9 nitrogen and oxygen atoms in total. The Balaban J connectivity index is 1.21. The van der Waals surface area contributed by atoms with Crippen LogP contribution < -0.4 is 0 Å². The van der Waals surface area contributed by atoms with Crippen LogP contribution in [0.2, 0.25) is 0 Å². The zero-order valence-electron chi connectivity index (χ0n) is 24.5. The lowest BCUT2D eigenvalue weighted by molar-refractivity contribution is -0.142. The highest BCUT2D eigenvalue weighted by molar-refractivity contribution is 5.74. The molecule has 2 aromatic heterocycles. The van der Waals surface area contributed by atoms with Gasteiger partial charge in [0.05, 0.1) is 13.1 Å². The average molecular weight is 548 g/mol. The van der Waals surface area contributed by atoms with Gasteiger partial charge in [-0.05, 0) is 54.3 Å². The molecular weight excluding hydrogens is 502 g/mol. The number of H-pyrrole nitrogens is 1. The predicted molar refractivity (Wildman–Crippen MR) is 155 cm³/mol. The Hall–Kier alpha value is -3.01. The molecule has 0 radical (unpaired) electrons. The van der Waals surface area contributed by atoms with E-state index in [0.717, 1.165) is 70.2 Å². The van der Waals surface area contributed by atoms with Crippen molar-refractivity contribution in [1.82, 2.24) is 34.2 Å². The maximum Gasteiger partial charge on any atom is 0.320 e. The summed E-state index contributed by atoms with van der Waals surface area (Å²) < 4.78 is 2.05.